The largest absolute Gasteiger partial charge is 0.486 e. The molecule has 0 fully saturated rings. The molecular weight excluding hydrogens is 499 g/mol. The molecule has 1 N–H and O–H groups in total. The number of anilines is 1. The molecule has 0 aliphatic carbocycles. The number of amides is 1. The summed E-state index contributed by atoms with van der Waals surface area (Å²) in [5.41, 5.74) is 1.26. The van der Waals surface area contributed by atoms with Crippen LogP contribution in [0.4, 0.5) is 5.69 Å². The van der Waals surface area contributed by atoms with Crippen molar-refractivity contribution in [1.82, 2.24) is 5.32 Å². The summed E-state index contributed by atoms with van der Waals surface area (Å²) in [7, 11) is -3.65. The molecule has 3 aromatic carbocycles. The Morgan fingerprint density at radius 2 is 1.65 bits per heavy atom. The number of nitrogens with one attached hydrogen (secondary N) is 1. The number of hydrogen-bond acceptors (Lipinski definition) is 5. The molecule has 10 heteroatoms. The second-order valence-corrected chi connectivity index (χ2v) is 10.4. The lowest BCUT2D eigenvalue weighted by molar-refractivity contribution is 0.0789. The Hall–Kier alpha value is -2.94. The maximum Gasteiger partial charge on any atom is 0.251 e. The highest BCUT2D eigenvalue weighted by Crippen LogP contribution is 2.31. The summed E-state index contributed by atoms with van der Waals surface area (Å²) in [6, 6.07) is 18.6. The van der Waals surface area contributed by atoms with E-state index in [1.807, 2.05) is 24.3 Å². The van der Waals surface area contributed by atoms with Crippen molar-refractivity contribution in [2.24, 2.45) is 0 Å². The summed E-state index contributed by atoms with van der Waals surface area (Å²) in [5.74, 6) is 1.00. The van der Waals surface area contributed by atoms with E-state index in [1.165, 1.54) is 4.31 Å². The molecule has 0 radical (unpaired) electrons. The van der Waals surface area contributed by atoms with Gasteiger partial charge in [-0.15, -0.1) is 0 Å². The Labute approximate surface area is 208 Å². The SMILES string of the molecule is CS(=O)(=O)N(Cc1c(Cl)cccc1Cl)c1ccc(C(=O)NC[C@@H]2COc3ccccc3O2)cc1. The van der Waals surface area contributed by atoms with E-state index in [0.29, 0.717) is 45.0 Å². The zero-order valence-electron chi connectivity index (χ0n) is 18.2. The first-order valence-electron chi connectivity index (χ1n) is 10.4. The van der Waals surface area contributed by atoms with E-state index in [1.54, 1.807) is 42.5 Å². The molecule has 1 aliphatic heterocycles. The molecule has 34 heavy (non-hydrogen) atoms. The molecule has 1 aliphatic rings. The van der Waals surface area contributed by atoms with Crippen LogP contribution in [0.15, 0.2) is 66.7 Å². The van der Waals surface area contributed by atoms with Crippen LogP contribution < -0.4 is 19.1 Å². The molecule has 0 saturated carbocycles. The zero-order chi connectivity index (χ0) is 24.3. The number of carbonyl (C=O) groups excluding carboxylic acids is 1. The minimum absolute atomic E-state index is 0.0383. The minimum atomic E-state index is -3.65. The maximum absolute atomic E-state index is 12.6. The lowest BCUT2D eigenvalue weighted by atomic mass is 10.1. The number of halogens is 2. The molecule has 1 heterocycles. The van der Waals surface area contributed by atoms with Gasteiger partial charge in [-0.3, -0.25) is 9.10 Å². The second-order valence-electron chi connectivity index (χ2n) is 7.72. The lowest BCUT2D eigenvalue weighted by Gasteiger charge is -2.26. The molecule has 0 unspecified atom stereocenters. The topological polar surface area (TPSA) is 84.9 Å². The molecule has 1 amide bonds. The molecule has 0 aromatic heterocycles. The quantitative estimate of drug-likeness (QED) is 0.494. The van der Waals surface area contributed by atoms with E-state index in [2.05, 4.69) is 5.32 Å². The average Bonchev–Trinajstić information content (AvgIpc) is 2.81. The van der Waals surface area contributed by atoms with E-state index in [4.69, 9.17) is 32.7 Å². The number of ether oxygens (including phenoxy) is 2. The summed E-state index contributed by atoms with van der Waals surface area (Å²) in [5, 5.41) is 3.56. The standard InChI is InChI=1S/C24H22Cl2N2O5S/c1-34(30,31)28(14-19-20(25)5-4-6-21(19)26)17-11-9-16(10-12-17)24(29)27-13-18-15-32-22-7-2-3-8-23(22)33-18/h2-12,18H,13-15H2,1H3,(H,27,29)/t18-/m1/s1. The summed E-state index contributed by atoms with van der Waals surface area (Å²) in [6.45, 7) is 0.545. The molecule has 178 valence electrons. The Bertz CT molecular complexity index is 1280. The van der Waals surface area contributed by atoms with Gasteiger partial charge in [-0.05, 0) is 48.5 Å². The first-order chi connectivity index (χ1) is 16.2. The van der Waals surface area contributed by atoms with Crippen molar-refractivity contribution < 1.29 is 22.7 Å². The third-order valence-electron chi connectivity index (χ3n) is 5.24. The smallest absolute Gasteiger partial charge is 0.251 e. The van der Waals surface area contributed by atoms with Gasteiger partial charge in [0.25, 0.3) is 5.91 Å². The molecule has 0 spiro atoms. The van der Waals surface area contributed by atoms with Crippen molar-refractivity contribution >= 4 is 44.8 Å². The maximum atomic E-state index is 12.6. The molecule has 7 nitrogen and oxygen atoms in total. The van der Waals surface area contributed by atoms with Gasteiger partial charge >= 0.3 is 0 Å². The van der Waals surface area contributed by atoms with Crippen molar-refractivity contribution in [2.75, 3.05) is 23.7 Å². The summed E-state index contributed by atoms with van der Waals surface area (Å²) in [6.07, 6.45) is 0.780. The highest BCUT2D eigenvalue weighted by Gasteiger charge is 2.23. The number of benzene rings is 3. The highest BCUT2D eigenvalue weighted by atomic mass is 35.5. The monoisotopic (exact) mass is 520 g/mol. The van der Waals surface area contributed by atoms with Crippen LogP contribution in [0.3, 0.4) is 0 Å². The van der Waals surface area contributed by atoms with Crippen LogP contribution in [-0.2, 0) is 16.6 Å². The fourth-order valence-corrected chi connectivity index (χ4v) is 4.86. The van der Waals surface area contributed by atoms with Gasteiger partial charge in [0.2, 0.25) is 10.0 Å². The van der Waals surface area contributed by atoms with Gasteiger partial charge in [0, 0.05) is 21.2 Å². The average molecular weight is 521 g/mol. The van der Waals surface area contributed by atoms with Gasteiger partial charge in [0.15, 0.2) is 11.5 Å². The number of para-hydroxylation sites is 2. The minimum Gasteiger partial charge on any atom is -0.486 e. The first kappa shape index (κ1) is 24.2. The van der Waals surface area contributed by atoms with Crippen molar-refractivity contribution in [3.63, 3.8) is 0 Å². The van der Waals surface area contributed by atoms with Crippen molar-refractivity contribution in [1.29, 1.82) is 0 Å². The number of carbonyl (C=O) groups is 1. The predicted octanol–water partition coefficient (Wildman–Crippen LogP) is 4.53. The van der Waals surface area contributed by atoms with Crippen molar-refractivity contribution in [2.45, 2.75) is 12.6 Å². The number of sulfonamides is 1. The molecule has 0 bridgehead atoms. The van der Waals surface area contributed by atoms with Crippen LogP contribution in [0.5, 0.6) is 11.5 Å². The molecule has 3 aromatic rings. The number of nitrogens with zero attached hydrogens (tertiary/aromatic N) is 1. The van der Waals surface area contributed by atoms with E-state index < -0.39 is 10.0 Å². The van der Waals surface area contributed by atoms with Crippen LogP contribution in [0.1, 0.15) is 15.9 Å². The number of rotatable bonds is 7. The van der Waals surface area contributed by atoms with Gasteiger partial charge in [-0.1, -0.05) is 41.4 Å². The summed E-state index contributed by atoms with van der Waals surface area (Å²) in [4.78, 5) is 12.6. The fraction of sp³-hybridized carbons (Fsp3) is 0.208. The molecule has 0 saturated heterocycles. The second kappa shape index (κ2) is 10.1. The third kappa shape index (κ3) is 5.58. The van der Waals surface area contributed by atoms with Crippen molar-refractivity contribution in [3.05, 3.63) is 87.9 Å². The third-order valence-corrected chi connectivity index (χ3v) is 7.09. The van der Waals surface area contributed by atoms with Gasteiger partial charge in [-0.2, -0.15) is 0 Å². The fourth-order valence-electron chi connectivity index (χ4n) is 3.48. The van der Waals surface area contributed by atoms with Crippen LogP contribution in [0.2, 0.25) is 10.0 Å². The van der Waals surface area contributed by atoms with Gasteiger partial charge < -0.3 is 14.8 Å². The Balaban J connectivity index is 1.43. The Morgan fingerprint density at radius 3 is 2.29 bits per heavy atom. The highest BCUT2D eigenvalue weighted by molar-refractivity contribution is 7.92. The number of hydrogen-bond donors (Lipinski definition) is 1. The molecular formula is C24H22Cl2N2O5S. The zero-order valence-corrected chi connectivity index (χ0v) is 20.5. The number of fused-ring (bicyclic) bond motifs is 1. The van der Waals surface area contributed by atoms with E-state index >= 15 is 0 Å². The van der Waals surface area contributed by atoms with E-state index in [-0.39, 0.29) is 25.1 Å². The van der Waals surface area contributed by atoms with Crippen molar-refractivity contribution in [3.8, 4) is 11.5 Å². The van der Waals surface area contributed by atoms with E-state index in [0.717, 1.165) is 6.26 Å². The lowest BCUT2D eigenvalue weighted by Crippen LogP contribution is -2.40. The first-order valence-corrected chi connectivity index (χ1v) is 13.0. The van der Waals surface area contributed by atoms with E-state index in [9.17, 15) is 13.2 Å². The summed E-state index contributed by atoms with van der Waals surface area (Å²) >= 11 is 12.5. The van der Waals surface area contributed by atoms with Crippen LogP contribution in [-0.4, -0.2) is 39.8 Å². The molecule has 1 atom stereocenters. The van der Waals surface area contributed by atoms with Gasteiger partial charge in [0.05, 0.1) is 25.0 Å². The summed E-state index contributed by atoms with van der Waals surface area (Å²) < 4.78 is 37.6. The van der Waals surface area contributed by atoms with Gasteiger partial charge in [-0.25, -0.2) is 8.42 Å². The normalized spacial score (nSPS) is 15.0. The van der Waals surface area contributed by atoms with Crippen LogP contribution in [0, 0.1) is 0 Å². The Kier molecular flexibility index (Phi) is 7.21. The molecule has 4 rings (SSSR count). The van der Waals surface area contributed by atoms with Gasteiger partial charge in [0.1, 0.15) is 12.7 Å². The Morgan fingerprint density at radius 1 is 1.00 bits per heavy atom. The predicted molar refractivity (Wildman–Crippen MR) is 133 cm³/mol. The van der Waals surface area contributed by atoms with Crippen LogP contribution >= 0.6 is 23.2 Å². The van der Waals surface area contributed by atoms with Crippen LogP contribution in [0.25, 0.3) is 0 Å².